The quantitative estimate of drug-likeness (QED) is 0.532. The molecule has 11 heteroatoms. The predicted molar refractivity (Wildman–Crippen MR) is 62.4 cm³/mol. The second-order valence-corrected chi connectivity index (χ2v) is 9.64. The molecule has 15 heavy (non-hydrogen) atoms. The zero-order valence-electron chi connectivity index (χ0n) is 6.62. The lowest BCUT2D eigenvalue weighted by Crippen LogP contribution is -2.38. The van der Waals surface area contributed by atoms with E-state index in [2.05, 4.69) is 0 Å². The van der Waals surface area contributed by atoms with Gasteiger partial charge in [0.25, 0.3) is 7.37 Å². The molecule has 2 unspecified atom stereocenters. The van der Waals surface area contributed by atoms with Crippen LogP contribution >= 0.6 is 77.0 Å². The van der Waals surface area contributed by atoms with E-state index in [9.17, 15) is 9.46 Å². The van der Waals surface area contributed by atoms with Crippen molar-refractivity contribution in [1.82, 2.24) is 0 Å². The Balaban J connectivity index is 5.42. The summed E-state index contributed by atoms with van der Waals surface area (Å²) in [6.45, 7) is 0. The minimum atomic E-state index is -4.91. The Kier molecular flexibility index (Phi) is 5.88. The minimum Gasteiger partial charge on any atom is -0.374 e. The van der Waals surface area contributed by atoms with E-state index in [0.29, 0.717) is 0 Å². The molecule has 0 aliphatic heterocycles. The van der Waals surface area contributed by atoms with Crippen LogP contribution in [0.4, 0.5) is 0 Å². The van der Waals surface area contributed by atoms with Crippen LogP contribution in [0.5, 0.6) is 0 Å². The first-order chi connectivity index (χ1) is 6.39. The van der Waals surface area contributed by atoms with Crippen molar-refractivity contribution in [2.24, 2.45) is 0 Å². The van der Waals surface area contributed by atoms with Crippen molar-refractivity contribution >= 4 is 77.0 Å². The maximum Gasteiger partial charge on any atom is 0.278 e. The topological polar surface area (TPSA) is 77.8 Å². The van der Waals surface area contributed by atoms with Crippen LogP contribution in [-0.4, -0.2) is 34.4 Å². The van der Waals surface area contributed by atoms with E-state index in [-0.39, 0.29) is 0 Å². The van der Waals surface area contributed by atoms with Crippen molar-refractivity contribution in [2.45, 2.75) is 19.3 Å². The molecular formula is C4H5Cl6O4P. The second kappa shape index (κ2) is 5.23. The van der Waals surface area contributed by atoms with Gasteiger partial charge in [0.15, 0.2) is 11.1 Å². The van der Waals surface area contributed by atoms with Crippen LogP contribution in [0.15, 0.2) is 0 Å². The second-order valence-electron chi connectivity index (χ2n) is 2.42. The summed E-state index contributed by atoms with van der Waals surface area (Å²) in [5.74, 6) is 0. The lowest BCUT2D eigenvalue weighted by molar-refractivity contribution is 0.237. The normalized spacial score (nSPS) is 21.9. The first-order valence-corrected chi connectivity index (χ1v) is 7.16. The van der Waals surface area contributed by atoms with Gasteiger partial charge in [0.2, 0.25) is 8.15 Å². The van der Waals surface area contributed by atoms with Crippen LogP contribution in [-0.2, 0) is 4.57 Å². The zero-order valence-corrected chi connectivity index (χ0v) is 12.0. The largest absolute Gasteiger partial charge is 0.374 e. The lowest BCUT2D eigenvalue weighted by Gasteiger charge is -2.35. The summed E-state index contributed by atoms with van der Waals surface area (Å²) in [7, 11) is -4.91. The molecule has 0 fully saturated rings. The van der Waals surface area contributed by atoms with Crippen molar-refractivity contribution in [2.75, 3.05) is 0 Å². The van der Waals surface area contributed by atoms with Crippen LogP contribution in [0.1, 0.15) is 0 Å². The third kappa shape index (κ3) is 3.00. The van der Waals surface area contributed by atoms with Crippen LogP contribution in [0.25, 0.3) is 0 Å². The molecule has 0 heterocycles. The van der Waals surface area contributed by atoms with Crippen molar-refractivity contribution in [1.29, 1.82) is 0 Å². The number of hydrogen-bond donors (Lipinski definition) is 3. The monoisotopic (exact) mass is 358 g/mol. The lowest BCUT2D eigenvalue weighted by atomic mass is 10.8. The molecule has 0 saturated carbocycles. The van der Waals surface area contributed by atoms with Crippen LogP contribution in [0.3, 0.4) is 0 Å². The number of aliphatic hydroxyl groups excluding tert-OH is 2. The van der Waals surface area contributed by atoms with Gasteiger partial charge in [-0.1, -0.05) is 69.6 Å². The molecule has 92 valence electrons. The molecule has 0 aliphatic carbocycles. The standard InChI is InChI=1S/C4H5Cl6O4P/c5-1(11)3(7,8)15(13,14)4(9,10)2(6)12/h1-2,11-12H,(H,13,14). The van der Waals surface area contributed by atoms with E-state index in [0.717, 1.165) is 0 Å². The number of rotatable bonds is 4. The molecule has 0 aromatic carbocycles. The van der Waals surface area contributed by atoms with Crippen molar-refractivity contribution in [3.63, 3.8) is 0 Å². The molecule has 2 atom stereocenters. The minimum absolute atomic E-state index is 2.14. The van der Waals surface area contributed by atoms with Gasteiger partial charge >= 0.3 is 0 Å². The van der Waals surface area contributed by atoms with E-state index in [1.807, 2.05) is 0 Å². The fraction of sp³-hybridized carbons (Fsp3) is 1.00. The Morgan fingerprint density at radius 2 is 1.13 bits per heavy atom. The summed E-state index contributed by atoms with van der Waals surface area (Å²) in [4.78, 5) is 9.45. The van der Waals surface area contributed by atoms with E-state index < -0.39 is 26.6 Å². The highest BCUT2D eigenvalue weighted by atomic mass is 35.5. The van der Waals surface area contributed by atoms with Gasteiger partial charge in [-0.2, -0.15) is 0 Å². The van der Waals surface area contributed by atoms with Crippen molar-refractivity contribution in [3.05, 3.63) is 0 Å². The average Bonchev–Trinajstić information content (AvgIpc) is 2.02. The number of alkyl halides is 6. The van der Waals surface area contributed by atoms with E-state index >= 15 is 0 Å². The first-order valence-electron chi connectivity index (χ1n) is 3.12. The highest BCUT2D eigenvalue weighted by Crippen LogP contribution is 2.73. The van der Waals surface area contributed by atoms with Crippen LogP contribution in [0.2, 0.25) is 0 Å². The van der Waals surface area contributed by atoms with Gasteiger partial charge < -0.3 is 15.1 Å². The highest BCUT2D eigenvalue weighted by Gasteiger charge is 2.63. The maximum absolute atomic E-state index is 11.7. The molecule has 0 aliphatic rings. The molecule has 0 bridgehead atoms. The Labute approximate surface area is 115 Å². The molecule has 0 amide bonds. The molecule has 3 N–H and O–H groups in total. The molecule has 4 nitrogen and oxygen atoms in total. The van der Waals surface area contributed by atoms with Gasteiger partial charge in [0, 0.05) is 0 Å². The van der Waals surface area contributed by atoms with E-state index in [4.69, 9.17) is 79.8 Å². The maximum atomic E-state index is 11.7. The Bertz CT molecular complexity index is 254. The van der Waals surface area contributed by atoms with Crippen molar-refractivity contribution in [3.8, 4) is 0 Å². The van der Waals surface area contributed by atoms with Gasteiger partial charge in [0.05, 0.1) is 0 Å². The summed E-state index contributed by atoms with van der Waals surface area (Å²) in [5, 5.41) is 17.8. The SMILES string of the molecule is O=P(O)(C(Cl)(Cl)C(O)Cl)C(Cl)(Cl)C(O)Cl. The Morgan fingerprint density at radius 3 is 1.27 bits per heavy atom. The highest BCUT2D eigenvalue weighted by molar-refractivity contribution is 7.69. The zero-order chi connectivity index (χ0) is 12.7. The summed E-state index contributed by atoms with van der Waals surface area (Å²) in [6.07, 6.45) is 0. The van der Waals surface area contributed by atoms with E-state index in [1.54, 1.807) is 0 Å². The fourth-order valence-corrected chi connectivity index (χ4v) is 4.38. The number of hydrogen-bond acceptors (Lipinski definition) is 3. The summed E-state index contributed by atoms with van der Waals surface area (Å²) in [6, 6.07) is 0. The van der Waals surface area contributed by atoms with Gasteiger partial charge in [-0.3, -0.25) is 4.57 Å². The summed E-state index contributed by atoms with van der Waals surface area (Å²) < 4.78 is 6.14. The third-order valence-electron chi connectivity index (χ3n) is 1.38. The van der Waals surface area contributed by atoms with Crippen LogP contribution < -0.4 is 0 Å². The Morgan fingerprint density at radius 1 is 0.933 bits per heavy atom. The van der Waals surface area contributed by atoms with E-state index in [1.165, 1.54) is 0 Å². The first kappa shape index (κ1) is 16.9. The van der Waals surface area contributed by atoms with Gasteiger partial charge in [0.1, 0.15) is 0 Å². The third-order valence-corrected chi connectivity index (χ3v) is 8.47. The molecule has 0 spiro atoms. The van der Waals surface area contributed by atoms with Gasteiger partial charge in [-0.05, 0) is 0 Å². The molecule has 0 saturated heterocycles. The molecular weight excluding hydrogens is 356 g/mol. The number of aliphatic hydroxyl groups is 2. The number of halogens is 6. The fourth-order valence-electron chi connectivity index (χ4n) is 0.488. The molecule has 0 rings (SSSR count). The predicted octanol–water partition coefficient (Wildman–Crippen LogP) is 2.63. The van der Waals surface area contributed by atoms with Crippen LogP contribution in [0, 0.1) is 0 Å². The molecule has 0 aromatic rings. The van der Waals surface area contributed by atoms with Crippen molar-refractivity contribution < 1.29 is 19.7 Å². The summed E-state index contributed by atoms with van der Waals surface area (Å²) >= 11 is 31.5. The smallest absolute Gasteiger partial charge is 0.278 e. The average molecular weight is 361 g/mol. The molecule has 0 radical (unpaired) electrons. The summed E-state index contributed by atoms with van der Waals surface area (Å²) in [5.41, 5.74) is -4.27. The Hall–Kier alpha value is 1.85. The van der Waals surface area contributed by atoms with Gasteiger partial charge in [-0.25, -0.2) is 0 Å². The molecule has 0 aromatic heterocycles. The van der Waals surface area contributed by atoms with Gasteiger partial charge in [-0.15, -0.1) is 0 Å².